The van der Waals surface area contributed by atoms with Gasteiger partial charge in [-0.1, -0.05) is 24.6 Å². The van der Waals surface area contributed by atoms with E-state index < -0.39 is 0 Å². The summed E-state index contributed by atoms with van der Waals surface area (Å²) in [6.07, 6.45) is 2.59. The molecule has 0 saturated carbocycles. The second-order valence-corrected chi connectivity index (χ2v) is 5.78. The minimum Gasteiger partial charge on any atom is -0.367 e. The molecule has 1 saturated heterocycles. The van der Waals surface area contributed by atoms with Crippen LogP contribution in [0.4, 0.5) is 5.69 Å². The number of nitrogens with one attached hydrogen (secondary N) is 1. The maximum atomic E-state index is 6.44. The zero-order valence-corrected chi connectivity index (χ0v) is 12.3. The first-order valence-corrected chi connectivity index (χ1v) is 7.21. The van der Waals surface area contributed by atoms with Gasteiger partial charge in [-0.2, -0.15) is 0 Å². The van der Waals surface area contributed by atoms with Crippen molar-refractivity contribution in [1.29, 1.82) is 0 Å². The molecule has 2 nitrogen and oxygen atoms in total. The zero-order valence-electron chi connectivity index (χ0n) is 11.5. The van der Waals surface area contributed by atoms with Crippen LogP contribution in [0.5, 0.6) is 0 Å². The number of piperidine rings is 1. The van der Waals surface area contributed by atoms with Gasteiger partial charge in [0.25, 0.3) is 0 Å². The minimum atomic E-state index is 0.575. The molecular weight excluding hydrogens is 244 g/mol. The highest BCUT2D eigenvalue weighted by Crippen LogP contribution is 2.33. The van der Waals surface area contributed by atoms with Crippen molar-refractivity contribution in [2.24, 2.45) is 5.92 Å². The summed E-state index contributed by atoms with van der Waals surface area (Å²) in [6.45, 7) is 6.63. The predicted octanol–water partition coefficient (Wildman–Crippen LogP) is 3.68. The third-order valence-corrected chi connectivity index (χ3v) is 4.38. The van der Waals surface area contributed by atoms with E-state index in [1.807, 2.05) is 7.05 Å². The molecule has 2 unspecified atom stereocenters. The Labute approximate surface area is 115 Å². The molecule has 100 valence electrons. The molecule has 1 fully saturated rings. The first kappa shape index (κ1) is 13.7. The summed E-state index contributed by atoms with van der Waals surface area (Å²) in [5, 5.41) is 4.03. The van der Waals surface area contributed by atoms with Crippen molar-refractivity contribution in [3.8, 4) is 0 Å². The molecule has 1 heterocycles. The van der Waals surface area contributed by atoms with Crippen LogP contribution in [0.25, 0.3) is 0 Å². The number of rotatable bonds is 3. The summed E-state index contributed by atoms with van der Waals surface area (Å²) < 4.78 is 0. The largest absolute Gasteiger partial charge is 0.367 e. The smallest absolute Gasteiger partial charge is 0.0642 e. The molecule has 1 aliphatic rings. The summed E-state index contributed by atoms with van der Waals surface area (Å²) in [6, 6.07) is 7.00. The number of anilines is 1. The molecule has 0 aliphatic carbocycles. The Kier molecular flexibility index (Phi) is 4.52. The summed E-state index contributed by atoms with van der Waals surface area (Å²) >= 11 is 6.44. The van der Waals surface area contributed by atoms with E-state index in [0.29, 0.717) is 6.04 Å². The highest BCUT2D eigenvalue weighted by Gasteiger charge is 2.25. The van der Waals surface area contributed by atoms with Gasteiger partial charge in [-0.3, -0.25) is 0 Å². The Hall–Kier alpha value is -0.730. The third kappa shape index (κ3) is 2.81. The van der Waals surface area contributed by atoms with E-state index in [-0.39, 0.29) is 0 Å². The van der Waals surface area contributed by atoms with E-state index >= 15 is 0 Å². The Morgan fingerprint density at radius 1 is 1.39 bits per heavy atom. The summed E-state index contributed by atoms with van der Waals surface area (Å²) in [7, 11) is 1.95. The maximum Gasteiger partial charge on any atom is 0.0642 e. The Morgan fingerprint density at radius 3 is 2.83 bits per heavy atom. The Morgan fingerprint density at radius 2 is 2.17 bits per heavy atom. The van der Waals surface area contributed by atoms with Crippen LogP contribution < -0.4 is 10.2 Å². The lowest BCUT2D eigenvalue weighted by Gasteiger charge is -2.40. The van der Waals surface area contributed by atoms with Crippen LogP contribution >= 0.6 is 11.6 Å². The average Bonchev–Trinajstić information content (AvgIpc) is 2.34. The summed E-state index contributed by atoms with van der Waals surface area (Å²) in [5.74, 6) is 0.742. The Balaban J connectivity index is 2.22. The van der Waals surface area contributed by atoms with E-state index in [0.717, 1.165) is 24.0 Å². The molecule has 0 bridgehead atoms. The van der Waals surface area contributed by atoms with Crippen LogP contribution in [0.1, 0.15) is 32.3 Å². The standard InChI is InChI=1S/C15H23ClN2/c1-11-5-4-8-18(12(11)2)15-7-6-13(10-17-3)9-14(15)16/h6-7,9,11-12,17H,4-5,8,10H2,1-3H3. The lowest BCUT2D eigenvalue weighted by atomic mass is 9.91. The fourth-order valence-electron chi connectivity index (χ4n) is 2.77. The van der Waals surface area contributed by atoms with Crippen molar-refractivity contribution in [1.82, 2.24) is 5.32 Å². The van der Waals surface area contributed by atoms with Gasteiger partial charge in [-0.05, 0) is 50.4 Å². The van der Waals surface area contributed by atoms with Crippen molar-refractivity contribution >= 4 is 17.3 Å². The maximum absolute atomic E-state index is 6.44. The van der Waals surface area contributed by atoms with Crippen LogP contribution in [-0.2, 0) is 6.54 Å². The Bertz CT molecular complexity index is 405. The summed E-state index contributed by atoms with van der Waals surface area (Å²) in [4.78, 5) is 2.46. The van der Waals surface area contributed by atoms with Crippen molar-refractivity contribution in [3.05, 3.63) is 28.8 Å². The normalized spacial score (nSPS) is 24.3. The first-order chi connectivity index (χ1) is 8.63. The molecule has 18 heavy (non-hydrogen) atoms. The zero-order chi connectivity index (χ0) is 13.1. The molecule has 1 N–H and O–H groups in total. The van der Waals surface area contributed by atoms with Gasteiger partial charge in [0.1, 0.15) is 0 Å². The molecule has 2 rings (SSSR count). The van der Waals surface area contributed by atoms with Crippen LogP contribution in [-0.4, -0.2) is 19.6 Å². The lowest BCUT2D eigenvalue weighted by molar-refractivity contribution is 0.363. The minimum absolute atomic E-state index is 0.575. The van der Waals surface area contributed by atoms with Crippen molar-refractivity contribution < 1.29 is 0 Å². The van der Waals surface area contributed by atoms with Gasteiger partial charge in [-0.25, -0.2) is 0 Å². The molecule has 0 radical (unpaired) electrons. The predicted molar refractivity (Wildman–Crippen MR) is 79.4 cm³/mol. The van der Waals surface area contributed by atoms with E-state index in [2.05, 4.69) is 42.3 Å². The van der Waals surface area contributed by atoms with E-state index in [1.165, 1.54) is 24.1 Å². The number of hydrogen-bond donors (Lipinski definition) is 1. The first-order valence-electron chi connectivity index (χ1n) is 6.83. The van der Waals surface area contributed by atoms with Gasteiger partial charge < -0.3 is 10.2 Å². The molecule has 2 atom stereocenters. The number of halogens is 1. The molecule has 1 aromatic rings. The van der Waals surface area contributed by atoms with Gasteiger partial charge in [0, 0.05) is 19.1 Å². The number of nitrogens with zero attached hydrogens (tertiary/aromatic N) is 1. The van der Waals surface area contributed by atoms with Crippen LogP contribution in [0, 0.1) is 5.92 Å². The van der Waals surface area contributed by atoms with Crippen molar-refractivity contribution in [2.75, 3.05) is 18.5 Å². The number of benzene rings is 1. The van der Waals surface area contributed by atoms with Crippen molar-refractivity contribution in [3.63, 3.8) is 0 Å². The van der Waals surface area contributed by atoms with E-state index in [1.54, 1.807) is 0 Å². The fourth-order valence-corrected chi connectivity index (χ4v) is 3.08. The van der Waals surface area contributed by atoms with Crippen LogP contribution in [0.2, 0.25) is 5.02 Å². The molecular formula is C15H23ClN2. The van der Waals surface area contributed by atoms with Crippen LogP contribution in [0.15, 0.2) is 18.2 Å². The molecule has 1 aromatic carbocycles. The monoisotopic (exact) mass is 266 g/mol. The van der Waals surface area contributed by atoms with Gasteiger partial charge >= 0.3 is 0 Å². The topological polar surface area (TPSA) is 15.3 Å². The van der Waals surface area contributed by atoms with Gasteiger partial charge in [-0.15, -0.1) is 0 Å². The lowest BCUT2D eigenvalue weighted by Crippen LogP contribution is -2.42. The van der Waals surface area contributed by atoms with Crippen molar-refractivity contribution in [2.45, 2.75) is 39.3 Å². The molecule has 0 amide bonds. The van der Waals surface area contributed by atoms with E-state index in [9.17, 15) is 0 Å². The number of hydrogen-bond acceptors (Lipinski definition) is 2. The van der Waals surface area contributed by atoms with Gasteiger partial charge in [0.2, 0.25) is 0 Å². The quantitative estimate of drug-likeness (QED) is 0.898. The van der Waals surface area contributed by atoms with Crippen LogP contribution in [0.3, 0.4) is 0 Å². The third-order valence-electron chi connectivity index (χ3n) is 4.08. The molecule has 3 heteroatoms. The highest BCUT2D eigenvalue weighted by molar-refractivity contribution is 6.33. The second kappa shape index (κ2) is 5.94. The molecule has 0 aromatic heterocycles. The SMILES string of the molecule is CNCc1ccc(N2CCCC(C)C2C)c(Cl)c1. The molecule has 0 spiro atoms. The fraction of sp³-hybridized carbons (Fsp3) is 0.600. The average molecular weight is 267 g/mol. The summed E-state index contributed by atoms with van der Waals surface area (Å²) in [5.41, 5.74) is 2.43. The van der Waals surface area contributed by atoms with E-state index in [4.69, 9.17) is 11.6 Å². The molecule has 1 aliphatic heterocycles. The van der Waals surface area contributed by atoms with Gasteiger partial charge in [0.05, 0.1) is 10.7 Å². The highest BCUT2D eigenvalue weighted by atomic mass is 35.5. The van der Waals surface area contributed by atoms with Gasteiger partial charge in [0.15, 0.2) is 0 Å². The second-order valence-electron chi connectivity index (χ2n) is 5.37.